The Morgan fingerprint density at radius 1 is 0.875 bits per heavy atom. The van der Waals surface area contributed by atoms with E-state index in [1.54, 1.807) is 17.1 Å². The van der Waals surface area contributed by atoms with Crippen LogP contribution in [0.2, 0.25) is 0 Å². The monoisotopic (exact) mass is 424 g/mol. The first-order valence-corrected chi connectivity index (χ1v) is 10.7. The first-order valence-electron chi connectivity index (χ1n) is 10.7. The molecule has 5 rings (SSSR count). The Morgan fingerprint density at radius 3 is 2.38 bits per heavy atom. The van der Waals surface area contributed by atoms with Crippen molar-refractivity contribution >= 4 is 11.6 Å². The Morgan fingerprint density at radius 2 is 1.66 bits per heavy atom. The molecular weight excluding hydrogens is 400 g/mol. The average molecular weight is 425 g/mol. The summed E-state index contributed by atoms with van der Waals surface area (Å²) in [7, 11) is 0. The van der Waals surface area contributed by atoms with E-state index in [-0.39, 0.29) is 5.91 Å². The van der Waals surface area contributed by atoms with Crippen molar-refractivity contribution in [3.8, 4) is 16.9 Å². The van der Waals surface area contributed by atoms with Gasteiger partial charge < -0.3 is 9.80 Å². The number of nitrogens with zero attached hydrogens (tertiary/aromatic N) is 6. The number of pyridine rings is 1. The van der Waals surface area contributed by atoms with E-state index >= 15 is 0 Å². The number of anilines is 1. The minimum Gasteiger partial charge on any atom is -0.368 e. The molecule has 0 unspecified atom stereocenters. The fraction of sp³-hybridized carbons (Fsp3) is 0.200. The largest absolute Gasteiger partial charge is 0.368 e. The van der Waals surface area contributed by atoms with Gasteiger partial charge in [0.05, 0.1) is 5.69 Å². The molecule has 1 saturated heterocycles. The van der Waals surface area contributed by atoms with E-state index in [4.69, 9.17) is 0 Å². The second kappa shape index (κ2) is 8.63. The molecule has 0 atom stereocenters. The second-order valence-corrected chi connectivity index (χ2v) is 7.89. The van der Waals surface area contributed by atoms with E-state index in [0.717, 1.165) is 29.9 Å². The Bertz CT molecular complexity index is 1210. The molecule has 7 heteroatoms. The molecule has 3 heterocycles. The van der Waals surface area contributed by atoms with Gasteiger partial charge in [0, 0.05) is 49.8 Å². The van der Waals surface area contributed by atoms with Crippen LogP contribution in [0, 0.1) is 6.92 Å². The normalized spacial score (nSPS) is 13.9. The summed E-state index contributed by atoms with van der Waals surface area (Å²) in [5.74, 6) is -0.101. The van der Waals surface area contributed by atoms with Gasteiger partial charge in [-0.05, 0) is 48.9 Å². The van der Waals surface area contributed by atoms with Gasteiger partial charge >= 0.3 is 0 Å². The number of benzene rings is 2. The molecule has 0 N–H and O–H groups in total. The van der Waals surface area contributed by atoms with Gasteiger partial charge in [-0.2, -0.15) is 0 Å². The van der Waals surface area contributed by atoms with Gasteiger partial charge in [0.2, 0.25) is 0 Å². The number of carbonyl (C=O) groups is 1. The molecular formula is C25H24N6O. The summed E-state index contributed by atoms with van der Waals surface area (Å²) in [6.07, 6.45) is 3.46. The van der Waals surface area contributed by atoms with Crippen molar-refractivity contribution in [1.29, 1.82) is 0 Å². The second-order valence-electron chi connectivity index (χ2n) is 7.89. The van der Waals surface area contributed by atoms with Gasteiger partial charge in [-0.3, -0.25) is 9.78 Å². The molecule has 1 amide bonds. The van der Waals surface area contributed by atoms with Crippen molar-refractivity contribution in [2.45, 2.75) is 6.92 Å². The third-order valence-electron chi connectivity index (χ3n) is 5.74. The lowest BCUT2D eigenvalue weighted by molar-refractivity contribution is 0.0741. The summed E-state index contributed by atoms with van der Waals surface area (Å²) in [6.45, 7) is 4.87. The molecule has 0 radical (unpaired) electrons. The number of rotatable bonds is 4. The van der Waals surface area contributed by atoms with Crippen LogP contribution in [0.15, 0.2) is 79.1 Å². The summed E-state index contributed by atoms with van der Waals surface area (Å²) in [5.41, 5.74) is 4.99. The van der Waals surface area contributed by atoms with E-state index < -0.39 is 0 Å². The molecule has 1 fully saturated rings. The van der Waals surface area contributed by atoms with Gasteiger partial charge in [0.1, 0.15) is 5.69 Å². The number of para-hydroxylation sites is 1. The molecule has 160 valence electrons. The first kappa shape index (κ1) is 19.9. The fourth-order valence-electron chi connectivity index (χ4n) is 4.08. The number of piperazine rings is 1. The number of aryl methyl sites for hydroxylation is 1. The maximum Gasteiger partial charge on any atom is 0.276 e. The molecule has 1 aliphatic heterocycles. The van der Waals surface area contributed by atoms with Gasteiger partial charge in [0.25, 0.3) is 5.91 Å². The lowest BCUT2D eigenvalue weighted by Crippen LogP contribution is -2.49. The van der Waals surface area contributed by atoms with Crippen molar-refractivity contribution in [2.24, 2.45) is 0 Å². The zero-order chi connectivity index (χ0) is 21.9. The van der Waals surface area contributed by atoms with Crippen molar-refractivity contribution in [1.82, 2.24) is 24.9 Å². The van der Waals surface area contributed by atoms with E-state index in [1.807, 2.05) is 66.4 Å². The predicted octanol–water partition coefficient (Wildman–Crippen LogP) is 3.60. The minimum atomic E-state index is -0.101. The highest BCUT2D eigenvalue weighted by Crippen LogP contribution is 2.26. The first-order chi connectivity index (χ1) is 15.7. The minimum absolute atomic E-state index is 0.101. The zero-order valence-corrected chi connectivity index (χ0v) is 17.9. The van der Waals surface area contributed by atoms with Crippen LogP contribution in [-0.2, 0) is 0 Å². The van der Waals surface area contributed by atoms with Crippen LogP contribution < -0.4 is 4.90 Å². The highest BCUT2D eigenvalue weighted by Gasteiger charge is 2.29. The zero-order valence-electron chi connectivity index (χ0n) is 17.9. The van der Waals surface area contributed by atoms with Crippen molar-refractivity contribution in [3.05, 3.63) is 90.4 Å². The summed E-state index contributed by atoms with van der Waals surface area (Å²) in [5, 5.41) is 8.69. The van der Waals surface area contributed by atoms with E-state index in [1.165, 1.54) is 5.69 Å². The number of carbonyl (C=O) groups excluding carboxylic acids is 1. The Kier molecular flexibility index (Phi) is 5.37. The molecule has 7 nitrogen and oxygen atoms in total. The Hall–Kier alpha value is -4.00. The van der Waals surface area contributed by atoms with Crippen LogP contribution in [0.25, 0.3) is 16.9 Å². The van der Waals surface area contributed by atoms with Crippen LogP contribution in [0.3, 0.4) is 0 Å². The lowest BCUT2D eigenvalue weighted by atomic mass is 10.1. The molecule has 4 aromatic rings. The maximum atomic E-state index is 13.5. The molecule has 32 heavy (non-hydrogen) atoms. The highest BCUT2D eigenvalue weighted by molar-refractivity contribution is 5.98. The van der Waals surface area contributed by atoms with Crippen molar-refractivity contribution in [3.63, 3.8) is 0 Å². The third kappa shape index (κ3) is 3.85. The summed E-state index contributed by atoms with van der Waals surface area (Å²) < 4.78 is 1.73. The molecule has 0 saturated carbocycles. The topological polar surface area (TPSA) is 67.2 Å². The average Bonchev–Trinajstić information content (AvgIpc) is 3.30. The summed E-state index contributed by atoms with van der Waals surface area (Å²) in [6, 6.07) is 22.1. The van der Waals surface area contributed by atoms with Crippen LogP contribution in [0.1, 0.15) is 16.1 Å². The van der Waals surface area contributed by atoms with Crippen LogP contribution >= 0.6 is 0 Å². The fourth-order valence-corrected chi connectivity index (χ4v) is 4.08. The lowest BCUT2D eigenvalue weighted by Gasteiger charge is -2.35. The third-order valence-corrected chi connectivity index (χ3v) is 5.74. The molecule has 0 bridgehead atoms. The predicted molar refractivity (Wildman–Crippen MR) is 124 cm³/mol. The van der Waals surface area contributed by atoms with Gasteiger partial charge in [0.15, 0.2) is 5.69 Å². The Labute approximate surface area is 186 Å². The standard InChI is InChI=1S/C25H24N6O/c1-19-7-5-11-22(17-19)31-24(20-8-6-12-26-18-20)23(27-28-31)25(32)30-15-13-29(14-16-30)21-9-3-2-4-10-21/h2-12,17-18H,13-16H2,1H3. The van der Waals surface area contributed by atoms with E-state index in [9.17, 15) is 4.79 Å². The molecule has 2 aromatic carbocycles. The SMILES string of the molecule is Cc1cccc(-n2nnc(C(=O)N3CCN(c4ccccc4)CC3)c2-c2cccnc2)c1. The number of aromatic nitrogens is 4. The molecule has 2 aromatic heterocycles. The number of hydrogen-bond acceptors (Lipinski definition) is 5. The van der Waals surface area contributed by atoms with Gasteiger partial charge in [-0.1, -0.05) is 35.5 Å². The van der Waals surface area contributed by atoms with Gasteiger partial charge in [-0.25, -0.2) is 4.68 Å². The number of amides is 1. The Balaban J connectivity index is 1.45. The van der Waals surface area contributed by atoms with E-state index in [2.05, 4.69) is 32.3 Å². The van der Waals surface area contributed by atoms with Gasteiger partial charge in [-0.15, -0.1) is 5.10 Å². The molecule has 0 spiro atoms. The molecule has 0 aliphatic carbocycles. The highest BCUT2D eigenvalue weighted by atomic mass is 16.2. The van der Waals surface area contributed by atoms with Crippen LogP contribution in [0.4, 0.5) is 5.69 Å². The number of hydrogen-bond donors (Lipinski definition) is 0. The van der Waals surface area contributed by atoms with Crippen molar-refractivity contribution in [2.75, 3.05) is 31.1 Å². The quantitative estimate of drug-likeness (QED) is 0.501. The van der Waals surface area contributed by atoms with Crippen LogP contribution in [0.5, 0.6) is 0 Å². The van der Waals surface area contributed by atoms with Crippen LogP contribution in [-0.4, -0.2) is 57.0 Å². The summed E-state index contributed by atoms with van der Waals surface area (Å²) in [4.78, 5) is 21.9. The van der Waals surface area contributed by atoms with E-state index in [0.29, 0.717) is 24.5 Å². The molecule has 1 aliphatic rings. The smallest absolute Gasteiger partial charge is 0.276 e. The summed E-state index contributed by atoms with van der Waals surface area (Å²) >= 11 is 0. The van der Waals surface area contributed by atoms with Crippen molar-refractivity contribution < 1.29 is 4.79 Å². The maximum absolute atomic E-state index is 13.5.